The van der Waals surface area contributed by atoms with Gasteiger partial charge >= 0.3 is 0 Å². The van der Waals surface area contributed by atoms with Gasteiger partial charge in [0.1, 0.15) is 17.8 Å². The number of anilines is 1. The minimum atomic E-state index is -0.0119. The molecule has 4 aromatic rings. The van der Waals surface area contributed by atoms with Gasteiger partial charge in [0, 0.05) is 55.1 Å². The second-order valence-electron chi connectivity index (χ2n) is 8.30. The zero-order valence-electron chi connectivity index (χ0n) is 18.1. The molecule has 0 bridgehead atoms. The van der Waals surface area contributed by atoms with Gasteiger partial charge in [-0.1, -0.05) is 18.2 Å². The molecule has 1 amide bonds. The lowest BCUT2D eigenvalue weighted by Gasteiger charge is -2.14. The Bertz CT molecular complexity index is 1330. The molecule has 166 valence electrons. The summed E-state index contributed by atoms with van der Waals surface area (Å²) in [6, 6.07) is 9.79. The highest BCUT2D eigenvalue weighted by Crippen LogP contribution is 2.29. The van der Waals surface area contributed by atoms with Crippen molar-refractivity contribution < 1.29 is 9.53 Å². The van der Waals surface area contributed by atoms with Crippen LogP contribution in [0, 0.1) is 0 Å². The molecule has 1 N–H and O–H groups in total. The Morgan fingerprint density at radius 3 is 2.85 bits per heavy atom. The van der Waals surface area contributed by atoms with Gasteiger partial charge in [-0.3, -0.25) is 14.2 Å². The first-order chi connectivity index (χ1) is 16.3. The van der Waals surface area contributed by atoms with Crippen molar-refractivity contribution in [2.75, 3.05) is 25.0 Å². The Morgan fingerprint density at radius 2 is 2.00 bits per heavy atom. The second-order valence-corrected chi connectivity index (χ2v) is 8.30. The van der Waals surface area contributed by atoms with E-state index >= 15 is 0 Å². The van der Waals surface area contributed by atoms with Crippen molar-refractivity contribution in [3.05, 3.63) is 65.9 Å². The molecule has 0 atom stereocenters. The lowest BCUT2D eigenvalue weighted by atomic mass is 10.1. The van der Waals surface area contributed by atoms with E-state index in [2.05, 4.69) is 31.5 Å². The van der Waals surface area contributed by atoms with E-state index in [4.69, 9.17) is 4.74 Å². The summed E-state index contributed by atoms with van der Waals surface area (Å²) in [5.41, 5.74) is 5.22. The average Bonchev–Trinajstić information content (AvgIpc) is 3.63. The average molecular weight is 441 g/mol. The minimum absolute atomic E-state index is 0.0119. The van der Waals surface area contributed by atoms with Crippen LogP contribution in [0.3, 0.4) is 0 Å². The summed E-state index contributed by atoms with van der Waals surface area (Å²) in [6.45, 7) is 2.96. The number of hydrogen-bond donors (Lipinski definition) is 1. The van der Waals surface area contributed by atoms with Crippen molar-refractivity contribution in [3.63, 3.8) is 0 Å². The van der Waals surface area contributed by atoms with Gasteiger partial charge in [0.15, 0.2) is 5.65 Å². The van der Waals surface area contributed by atoms with Crippen LogP contribution >= 0.6 is 0 Å². The van der Waals surface area contributed by atoms with E-state index in [-0.39, 0.29) is 5.91 Å². The second kappa shape index (κ2) is 8.16. The van der Waals surface area contributed by atoms with Crippen molar-refractivity contribution in [3.8, 4) is 16.9 Å². The van der Waals surface area contributed by atoms with Crippen molar-refractivity contribution in [1.29, 1.82) is 0 Å². The van der Waals surface area contributed by atoms with Crippen LogP contribution in [0.15, 0.2) is 49.1 Å². The van der Waals surface area contributed by atoms with Crippen molar-refractivity contribution in [2.24, 2.45) is 0 Å². The number of carbonyl (C=O) groups excluding carboxylic acids is 1. The lowest BCUT2D eigenvalue weighted by Crippen LogP contribution is -2.28. The number of carbonyl (C=O) groups is 1. The van der Waals surface area contributed by atoms with Crippen molar-refractivity contribution in [2.45, 2.75) is 25.8 Å². The Hall–Kier alpha value is -4.01. The van der Waals surface area contributed by atoms with E-state index in [9.17, 15) is 4.79 Å². The molecule has 1 fully saturated rings. The Kier molecular flexibility index (Phi) is 4.86. The van der Waals surface area contributed by atoms with Crippen LogP contribution in [0.2, 0.25) is 0 Å². The first-order valence-corrected chi connectivity index (χ1v) is 11.2. The molecule has 0 spiro atoms. The first-order valence-electron chi connectivity index (χ1n) is 11.2. The molecule has 3 aromatic heterocycles. The van der Waals surface area contributed by atoms with Crippen LogP contribution in [0.1, 0.15) is 34.5 Å². The molecule has 2 aliphatic heterocycles. The Labute approximate surface area is 190 Å². The van der Waals surface area contributed by atoms with E-state index in [0.29, 0.717) is 23.8 Å². The SMILES string of the molecule is O=C(c1ccc(-c2cnc(NCc3cccc4c3CCO4)n3cnnc23)cn1)N1CCCC1. The van der Waals surface area contributed by atoms with Gasteiger partial charge in [-0.2, -0.15) is 0 Å². The number of rotatable bonds is 5. The summed E-state index contributed by atoms with van der Waals surface area (Å²) in [5.74, 6) is 1.61. The van der Waals surface area contributed by atoms with Crippen molar-refractivity contribution >= 4 is 17.5 Å². The maximum Gasteiger partial charge on any atom is 0.272 e. The van der Waals surface area contributed by atoms with E-state index < -0.39 is 0 Å². The van der Waals surface area contributed by atoms with Gasteiger partial charge in [0.25, 0.3) is 5.91 Å². The number of hydrogen-bond acceptors (Lipinski definition) is 7. The third kappa shape index (κ3) is 3.55. The summed E-state index contributed by atoms with van der Waals surface area (Å²) < 4.78 is 7.50. The quantitative estimate of drug-likeness (QED) is 0.508. The molecule has 0 radical (unpaired) electrons. The summed E-state index contributed by atoms with van der Waals surface area (Å²) in [7, 11) is 0. The minimum Gasteiger partial charge on any atom is -0.493 e. The standard InChI is InChI=1S/C24H23N7O2/c32-23(30-9-1-2-10-30)20-7-6-17(12-25-20)19-14-27-24(31-15-28-29-22(19)31)26-13-16-4-3-5-21-18(16)8-11-33-21/h3-7,12,14-15H,1-2,8-11,13H2,(H,26,27). The molecular weight excluding hydrogens is 418 g/mol. The monoisotopic (exact) mass is 441 g/mol. The maximum atomic E-state index is 12.6. The zero-order valence-corrected chi connectivity index (χ0v) is 18.1. The maximum absolute atomic E-state index is 12.6. The van der Waals surface area contributed by atoms with Gasteiger partial charge < -0.3 is 15.0 Å². The number of nitrogens with zero attached hydrogens (tertiary/aromatic N) is 6. The van der Waals surface area contributed by atoms with E-state index in [0.717, 1.165) is 55.8 Å². The molecule has 33 heavy (non-hydrogen) atoms. The van der Waals surface area contributed by atoms with Crippen molar-refractivity contribution in [1.82, 2.24) is 29.5 Å². The molecule has 6 rings (SSSR count). The number of amides is 1. The van der Waals surface area contributed by atoms with Crippen LogP contribution in [0.25, 0.3) is 16.8 Å². The topological polar surface area (TPSA) is 97.5 Å². The van der Waals surface area contributed by atoms with Crippen LogP contribution in [-0.4, -0.2) is 55.1 Å². The molecule has 1 aromatic carbocycles. The van der Waals surface area contributed by atoms with E-state index in [1.54, 1.807) is 24.8 Å². The molecule has 5 heterocycles. The molecular formula is C24H23N7O2. The highest BCUT2D eigenvalue weighted by molar-refractivity contribution is 5.93. The number of aromatic nitrogens is 5. The number of nitrogens with one attached hydrogen (secondary N) is 1. The molecule has 0 aliphatic carbocycles. The summed E-state index contributed by atoms with van der Waals surface area (Å²) in [5, 5.41) is 11.8. The molecule has 9 nitrogen and oxygen atoms in total. The summed E-state index contributed by atoms with van der Waals surface area (Å²) >= 11 is 0. The van der Waals surface area contributed by atoms with E-state index in [1.165, 1.54) is 11.1 Å². The fourth-order valence-electron chi connectivity index (χ4n) is 4.55. The summed E-state index contributed by atoms with van der Waals surface area (Å²) in [4.78, 5) is 23.5. The predicted molar refractivity (Wildman–Crippen MR) is 122 cm³/mol. The first kappa shape index (κ1) is 19.7. The van der Waals surface area contributed by atoms with Crippen LogP contribution in [-0.2, 0) is 13.0 Å². The summed E-state index contributed by atoms with van der Waals surface area (Å²) in [6.07, 6.45) is 8.15. The molecule has 1 saturated heterocycles. The van der Waals surface area contributed by atoms with Gasteiger partial charge in [0.05, 0.1) is 6.61 Å². The molecule has 0 unspecified atom stereocenters. The number of pyridine rings is 1. The molecule has 2 aliphatic rings. The van der Waals surface area contributed by atoms with Crippen LogP contribution < -0.4 is 10.1 Å². The van der Waals surface area contributed by atoms with Crippen LogP contribution in [0.4, 0.5) is 5.95 Å². The van der Waals surface area contributed by atoms with Gasteiger partial charge in [0.2, 0.25) is 5.95 Å². The third-order valence-electron chi connectivity index (χ3n) is 6.30. The Morgan fingerprint density at radius 1 is 1.09 bits per heavy atom. The highest BCUT2D eigenvalue weighted by atomic mass is 16.5. The number of likely N-dealkylation sites (tertiary alicyclic amines) is 1. The van der Waals surface area contributed by atoms with Crippen LogP contribution in [0.5, 0.6) is 5.75 Å². The van der Waals surface area contributed by atoms with E-state index in [1.807, 2.05) is 27.5 Å². The fourth-order valence-corrected chi connectivity index (χ4v) is 4.55. The fraction of sp³-hybridized carbons (Fsp3) is 0.292. The number of fused-ring (bicyclic) bond motifs is 2. The molecule has 9 heteroatoms. The zero-order chi connectivity index (χ0) is 22.2. The smallest absolute Gasteiger partial charge is 0.272 e. The normalized spacial score (nSPS) is 15.0. The number of ether oxygens (including phenoxy) is 1. The lowest BCUT2D eigenvalue weighted by molar-refractivity contribution is 0.0787. The van der Waals surface area contributed by atoms with Gasteiger partial charge in [-0.05, 0) is 30.5 Å². The largest absolute Gasteiger partial charge is 0.493 e. The number of benzene rings is 1. The Balaban J connectivity index is 1.25. The third-order valence-corrected chi connectivity index (χ3v) is 6.30. The highest BCUT2D eigenvalue weighted by Gasteiger charge is 2.21. The van der Waals surface area contributed by atoms with Gasteiger partial charge in [-0.15, -0.1) is 10.2 Å². The predicted octanol–water partition coefficient (Wildman–Crippen LogP) is 2.97. The molecule has 0 saturated carbocycles. The van der Waals surface area contributed by atoms with Gasteiger partial charge in [-0.25, -0.2) is 4.98 Å².